The summed E-state index contributed by atoms with van der Waals surface area (Å²) in [6.45, 7) is 12.3. The first-order valence-electron chi connectivity index (χ1n) is 10.2. The second kappa shape index (κ2) is 13.7. The summed E-state index contributed by atoms with van der Waals surface area (Å²) in [6.07, 6.45) is 6.71. The molecule has 0 fully saturated rings. The van der Waals surface area contributed by atoms with Gasteiger partial charge in [-0.2, -0.15) is 0 Å². The summed E-state index contributed by atoms with van der Waals surface area (Å²) in [5.74, 6) is 1.93. The van der Waals surface area contributed by atoms with E-state index in [9.17, 15) is 5.11 Å². The molecule has 0 spiro atoms. The van der Waals surface area contributed by atoms with Crippen LogP contribution in [0.25, 0.3) is 0 Å². The van der Waals surface area contributed by atoms with Crippen LogP contribution in [0.2, 0.25) is 0 Å². The average Bonchev–Trinajstić information content (AvgIpc) is 2.61. The molecular formula is C22H39NOS. The van der Waals surface area contributed by atoms with Crippen LogP contribution in [0.5, 0.6) is 0 Å². The quantitative estimate of drug-likeness (QED) is 0.400. The number of hydrogen-bond donors (Lipinski definition) is 1. The number of hydrogen-bond acceptors (Lipinski definition) is 3. The Morgan fingerprint density at radius 2 is 1.52 bits per heavy atom. The van der Waals surface area contributed by atoms with Gasteiger partial charge >= 0.3 is 0 Å². The summed E-state index contributed by atoms with van der Waals surface area (Å²) < 4.78 is 0. The third-order valence-corrected chi connectivity index (χ3v) is 5.65. The van der Waals surface area contributed by atoms with Gasteiger partial charge in [0.05, 0.1) is 6.10 Å². The Labute approximate surface area is 160 Å². The molecule has 1 atom stereocenters. The summed E-state index contributed by atoms with van der Waals surface area (Å²) in [5.41, 5.74) is 1.05. The van der Waals surface area contributed by atoms with Crippen molar-refractivity contribution < 1.29 is 5.11 Å². The van der Waals surface area contributed by atoms with Crippen molar-refractivity contribution >= 4 is 11.8 Å². The normalized spacial score (nSPS) is 12.9. The molecule has 0 saturated carbocycles. The van der Waals surface area contributed by atoms with E-state index in [1.807, 2.05) is 11.8 Å². The van der Waals surface area contributed by atoms with Crippen molar-refractivity contribution in [1.82, 2.24) is 4.90 Å². The maximum absolute atomic E-state index is 10.5. The van der Waals surface area contributed by atoms with E-state index in [0.29, 0.717) is 0 Å². The van der Waals surface area contributed by atoms with Gasteiger partial charge in [-0.05, 0) is 68.1 Å². The third kappa shape index (κ3) is 10.3. The average molecular weight is 366 g/mol. The third-order valence-electron chi connectivity index (χ3n) is 4.60. The Morgan fingerprint density at radius 3 is 2.04 bits per heavy atom. The zero-order valence-electron chi connectivity index (χ0n) is 16.8. The largest absolute Gasteiger partial charge is 0.388 e. The van der Waals surface area contributed by atoms with E-state index < -0.39 is 0 Å². The van der Waals surface area contributed by atoms with E-state index in [0.717, 1.165) is 37.5 Å². The number of aliphatic hydroxyl groups excluding tert-OH is 1. The molecule has 2 nitrogen and oxygen atoms in total. The van der Waals surface area contributed by atoms with Crippen LogP contribution in [0.3, 0.4) is 0 Å². The second-order valence-corrected chi connectivity index (χ2v) is 8.62. The Bertz CT molecular complexity index is 424. The van der Waals surface area contributed by atoms with Gasteiger partial charge in [0.25, 0.3) is 0 Å². The lowest BCUT2D eigenvalue weighted by atomic mass is 10.1. The van der Waals surface area contributed by atoms with E-state index in [4.69, 9.17) is 0 Å². The van der Waals surface area contributed by atoms with Crippen LogP contribution in [0.4, 0.5) is 0 Å². The standard InChI is InChI=1S/C22H39NOS/c1-5-7-15-23(16-8-6-2)17-13-22(24)20-9-11-21(12-10-20)25-18-14-19(3)4/h9-12,19,22,24H,5-8,13-18H2,1-4H3. The van der Waals surface area contributed by atoms with Crippen molar-refractivity contribution in [2.75, 3.05) is 25.4 Å². The topological polar surface area (TPSA) is 23.5 Å². The Hall–Kier alpha value is -0.510. The molecule has 0 radical (unpaired) electrons. The smallest absolute Gasteiger partial charge is 0.0802 e. The van der Waals surface area contributed by atoms with Crippen LogP contribution >= 0.6 is 11.8 Å². The van der Waals surface area contributed by atoms with Crippen molar-refractivity contribution in [2.45, 2.75) is 77.2 Å². The molecule has 25 heavy (non-hydrogen) atoms. The lowest BCUT2D eigenvalue weighted by Crippen LogP contribution is -2.28. The molecule has 0 bridgehead atoms. The molecule has 1 N–H and O–H groups in total. The number of nitrogens with zero attached hydrogens (tertiary/aromatic N) is 1. The molecule has 0 saturated heterocycles. The minimum absolute atomic E-state index is 0.347. The van der Waals surface area contributed by atoms with Crippen molar-refractivity contribution in [2.24, 2.45) is 5.92 Å². The fourth-order valence-electron chi connectivity index (χ4n) is 2.77. The molecule has 1 aromatic carbocycles. The van der Waals surface area contributed by atoms with Crippen molar-refractivity contribution in [3.8, 4) is 0 Å². The van der Waals surface area contributed by atoms with Crippen molar-refractivity contribution in [3.05, 3.63) is 29.8 Å². The molecule has 0 aliphatic rings. The molecule has 3 heteroatoms. The fraction of sp³-hybridized carbons (Fsp3) is 0.727. The number of unbranched alkanes of at least 4 members (excludes halogenated alkanes) is 2. The van der Waals surface area contributed by atoms with Crippen molar-refractivity contribution in [1.29, 1.82) is 0 Å². The van der Waals surface area contributed by atoms with Gasteiger partial charge in [-0.25, -0.2) is 0 Å². The van der Waals surface area contributed by atoms with Gasteiger partial charge in [-0.1, -0.05) is 52.7 Å². The lowest BCUT2D eigenvalue weighted by molar-refractivity contribution is 0.140. The van der Waals surface area contributed by atoms with E-state index in [1.165, 1.54) is 42.8 Å². The first-order valence-corrected chi connectivity index (χ1v) is 11.2. The van der Waals surface area contributed by atoms with Gasteiger partial charge in [-0.3, -0.25) is 0 Å². The zero-order chi connectivity index (χ0) is 18.5. The highest BCUT2D eigenvalue weighted by molar-refractivity contribution is 7.99. The van der Waals surface area contributed by atoms with E-state index in [2.05, 4.69) is 56.9 Å². The number of thioether (sulfide) groups is 1. The monoisotopic (exact) mass is 365 g/mol. The first-order chi connectivity index (χ1) is 12.1. The summed E-state index contributed by atoms with van der Waals surface area (Å²) in [7, 11) is 0. The Morgan fingerprint density at radius 1 is 0.920 bits per heavy atom. The highest BCUT2D eigenvalue weighted by Crippen LogP contribution is 2.24. The highest BCUT2D eigenvalue weighted by atomic mass is 32.2. The number of benzene rings is 1. The van der Waals surface area contributed by atoms with Crippen LogP contribution < -0.4 is 0 Å². The van der Waals surface area contributed by atoms with Crippen LogP contribution in [0.15, 0.2) is 29.2 Å². The van der Waals surface area contributed by atoms with Gasteiger partial charge in [0.15, 0.2) is 0 Å². The molecule has 0 aliphatic heterocycles. The minimum Gasteiger partial charge on any atom is -0.388 e. The SMILES string of the molecule is CCCCN(CCCC)CCC(O)c1ccc(SCCC(C)C)cc1. The molecule has 144 valence electrons. The molecule has 0 aromatic heterocycles. The molecule has 0 heterocycles. The van der Waals surface area contributed by atoms with E-state index in [-0.39, 0.29) is 6.10 Å². The van der Waals surface area contributed by atoms with Crippen LogP contribution in [-0.4, -0.2) is 35.4 Å². The molecule has 0 amide bonds. The van der Waals surface area contributed by atoms with E-state index in [1.54, 1.807) is 0 Å². The minimum atomic E-state index is -0.347. The highest BCUT2D eigenvalue weighted by Gasteiger charge is 2.11. The molecule has 1 aromatic rings. The molecular weight excluding hydrogens is 326 g/mol. The lowest BCUT2D eigenvalue weighted by Gasteiger charge is -2.23. The van der Waals surface area contributed by atoms with Crippen LogP contribution in [-0.2, 0) is 0 Å². The van der Waals surface area contributed by atoms with Gasteiger partial charge in [0, 0.05) is 11.4 Å². The second-order valence-electron chi connectivity index (χ2n) is 7.45. The number of rotatable bonds is 14. The van der Waals surface area contributed by atoms with Crippen LogP contribution in [0, 0.1) is 5.92 Å². The van der Waals surface area contributed by atoms with Gasteiger partial charge < -0.3 is 10.0 Å². The molecule has 1 unspecified atom stereocenters. The summed E-state index contributed by atoms with van der Waals surface area (Å²) in [4.78, 5) is 3.83. The predicted octanol–water partition coefficient (Wildman–Crippen LogP) is 6.15. The maximum atomic E-state index is 10.5. The van der Waals surface area contributed by atoms with Gasteiger partial charge in [0.1, 0.15) is 0 Å². The molecule has 0 aliphatic carbocycles. The Kier molecular flexibility index (Phi) is 12.3. The first kappa shape index (κ1) is 22.5. The van der Waals surface area contributed by atoms with Gasteiger partial charge in [-0.15, -0.1) is 11.8 Å². The zero-order valence-corrected chi connectivity index (χ0v) is 17.7. The Balaban J connectivity index is 2.42. The van der Waals surface area contributed by atoms with Gasteiger partial charge in [0.2, 0.25) is 0 Å². The predicted molar refractivity (Wildman–Crippen MR) is 112 cm³/mol. The molecule has 1 rings (SSSR count). The van der Waals surface area contributed by atoms with Crippen LogP contribution in [0.1, 0.15) is 77.9 Å². The van der Waals surface area contributed by atoms with E-state index >= 15 is 0 Å². The number of aliphatic hydroxyl groups is 1. The maximum Gasteiger partial charge on any atom is 0.0802 e. The summed E-state index contributed by atoms with van der Waals surface area (Å²) in [6, 6.07) is 8.53. The fourth-order valence-corrected chi connectivity index (χ4v) is 3.92. The summed E-state index contributed by atoms with van der Waals surface area (Å²) in [5, 5.41) is 10.5. The van der Waals surface area contributed by atoms with Crippen molar-refractivity contribution in [3.63, 3.8) is 0 Å². The summed E-state index contributed by atoms with van der Waals surface area (Å²) >= 11 is 1.92.